The fraction of sp³-hybridized carbons (Fsp3) is 0.333. The minimum absolute atomic E-state index is 0.0329. The summed E-state index contributed by atoms with van der Waals surface area (Å²) in [7, 11) is -3.68. The first kappa shape index (κ1) is 28.4. The molecule has 2 unspecified atom stereocenters. The Hall–Kier alpha value is -4.17. The summed E-state index contributed by atoms with van der Waals surface area (Å²) in [4.78, 5) is 51.7. The standard InChI is InChI=1S/C24H27N5O8S/c1-15-21(23(31)32)22(17-5-3-6-19(13-17)29(34)35)28(24(33)26-15)12-4-11-25-14-38(36,37)20-9-7-18(8-10-20)27-16(2)30/h3,5-10,13,21-22,25H,4,11-12,14H2,1-2H3,(H,27,30)(H,31,32). The van der Waals surface area contributed by atoms with Gasteiger partial charge in [-0.3, -0.25) is 19.7 Å². The molecule has 0 aliphatic carbocycles. The lowest BCUT2D eigenvalue weighted by Gasteiger charge is -2.37. The molecular formula is C24H27N5O8S. The van der Waals surface area contributed by atoms with Crippen molar-refractivity contribution in [3.05, 3.63) is 64.2 Å². The van der Waals surface area contributed by atoms with Crippen LogP contribution in [0.15, 0.2) is 58.4 Å². The van der Waals surface area contributed by atoms with Crippen molar-refractivity contribution in [3.63, 3.8) is 0 Å². The summed E-state index contributed by atoms with van der Waals surface area (Å²) in [6.45, 7) is 2.97. The highest BCUT2D eigenvalue weighted by molar-refractivity contribution is 7.91. The van der Waals surface area contributed by atoms with E-state index in [2.05, 4.69) is 15.6 Å². The lowest BCUT2D eigenvalue weighted by atomic mass is 9.86. The van der Waals surface area contributed by atoms with Crippen molar-refractivity contribution in [1.29, 1.82) is 0 Å². The maximum absolute atomic E-state index is 12.7. The summed E-state index contributed by atoms with van der Waals surface area (Å²) >= 11 is 0. The van der Waals surface area contributed by atoms with E-state index in [-0.39, 0.29) is 53.2 Å². The predicted octanol–water partition coefficient (Wildman–Crippen LogP) is 2.60. The monoisotopic (exact) mass is 545 g/mol. The number of nitrogens with one attached hydrogen (secondary N) is 2. The maximum atomic E-state index is 12.7. The second-order valence-corrected chi connectivity index (χ2v) is 10.6. The highest BCUT2D eigenvalue weighted by Gasteiger charge is 2.42. The molecule has 14 heteroatoms. The summed E-state index contributed by atoms with van der Waals surface area (Å²) in [5.41, 5.74) is 0.596. The number of carboxylic acid groups (broad SMARTS) is 1. The number of aliphatic imine (C=N–C) groups is 1. The Morgan fingerprint density at radius 1 is 1.18 bits per heavy atom. The molecule has 0 spiro atoms. The first-order chi connectivity index (χ1) is 17.9. The molecule has 0 bridgehead atoms. The van der Waals surface area contributed by atoms with E-state index in [4.69, 9.17) is 0 Å². The fourth-order valence-corrected chi connectivity index (χ4v) is 5.30. The molecule has 2 atom stereocenters. The van der Waals surface area contributed by atoms with E-state index < -0.39 is 38.7 Å². The highest BCUT2D eigenvalue weighted by atomic mass is 32.2. The Kier molecular flexibility index (Phi) is 8.91. The predicted molar refractivity (Wildman–Crippen MR) is 138 cm³/mol. The molecule has 3 N–H and O–H groups in total. The summed E-state index contributed by atoms with van der Waals surface area (Å²) in [6.07, 6.45) is 0.259. The van der Waals surface area contributed by atoms with E-state index in [0.717, 1.165) is 0 Å². The van der Waals surface area contributed by atoms with Crippen LogP contribution >= 0.6 is 0 Å². The van der Waals surface area contributed by atoms with Crippen LogP contribution in [0.2, 0.25) is 0 Å². The highest BCUT2D eigenvalue weighted by Crippen LogP contribution is 2.35. The van der Waals surface area contributed by atoms with Gasteiger partial charge in [0.05, 0.1) is 15.9 Å². The van der Waals surface area contributed by atoms with Gasteiger partial charge in [-0.15, -0.1) is 0 Å². The van der Waals surface area contributed by atoms with Gasteiger partial charge in [-0.2, -0.15) is 0 Å². The number of sulfone groups is 1. The number of hydrogen-bond acceptors (Lipinski definition) is 8. The number of anilines is 1. The molecule has 13 nitrogen and oxygen atoms in total. The van der Waals surface area contributed by atoms with Crippen molar-refractivity contribution >= 4 is 44.8 Å². The van der Waals surface area contributed by atoms with Crippen molar-refractivity contribution in [2.24, 2.45) is 10.9 Å². The van der Waals surface area contributed by atoms with Gasteiger partial charge in [-0.25, -0.2) is 18.2 Å². The van der Waals surface area contributed by atoms with Crippen molar-refractivity contribution in [2.45, 2.75) is 31.2 Å². The van der Waals surface area contributed by atoms with Crippen molar-refractivity contribution in [3.8, 4) is 0 Å². The number of urea groups is 1. The lowest BCUT2D eigenvalue weighted by Crippen LogP contribution is -2.47. The number of aliphatic carboxylic acids is 1. The van der Waals surface area contributed by atoms with Crippen LogP contribution in [-0.4, -0.2) is 65.9 Å². The lowest BCUT2D eigenvalue weighted by molar-refractivity contribution is -0.385. The average Bonchev–Trinajstić information content (AvgIpc) is 2.84. The van der Waals surface area contributed by atoms with Gasteiger partial charge in [-0.1, -0.05) is 12.1 Å². The molecule has 38 heavy (non-hydrogen) atoms. The first-order valence-corrected chi connectivity index (χ1v) is 13.2. The SMILES string of the molecule is CC(=O)Nc1ccc(S(=O)(=O)CNCCCN2C(=O)N=C(C)C(C(=O)O)C2c2cccc([N+](=O)[O-])c2)cc1. The molecule has 1 aliphatic rings. The Balaban J connectivity index is 1.68. The molecule has 0 saturated heterocycles. The van der Waals surface area contributed by atoms with Gasteiger partial charge in [0.1, 0.15) is 11.8 Å². The zero-order chi connectivity index (χ0) is 28.0. The Morgan fingerprint density at radius 2 is 1.87 bits per heavy atom. The van der Waals surface area contributed by atoms with Crippen LogP contribution in [-0.2, 0) is 19.4 Å². The zero-order valence-corrected chi connectivity index (χ0v) is 21.5. The smallest absolute Gasteiger partial charge is 0.344 e. The molecule has 3 rings (SSSR count). The Bertz CT molecular complexity index is 1370. The van der Waals surface area contributed by atoms with Crippen LogP contribution in [0.1, 0.15) is 31.9 Å². The third-order valence-corrected chi connectivity index (χ3v) is 7.46. The largest absolute Gasteiger partial charge is 0.481 e. The molecule has 2 aromatic carbocycles. The number of benzene rings is 2. The van der Waals surface area contributed by atoms with E-state index in [1.807, 2.05) is 0 Å². The number of non-ortho nitro benzene ring substituents is 1. The minimum Gasteiger partial charge on any atom is -0.481 e. The first-order valence-electron chi connectivity index (χ1n) is 11.5. The van der Waals surface area contributed by atoms with Crippen LogP contribution in [0, 0.1) is 16.0 Å². The number of nitro benzene ring substituents is 1. The average molecular weight is 546 g/mol. The number of rotatable bonds is 11. The third kappa shape index (κ3) is 6.77. The molecule has 0 saturated carbocycles. The van der Waals surface area contributed by atoms with Crippen LogP contribution in [0.3, 0.4) is 0 Å². The number of carbonyl (C=O) groups is 3. The van der Waals surface area contributed by atoms with Gasteiger partial charge in [0.15, 0.2) is 9.84 Å². The zero-order valence-electron chi connectivity index (χ0n) is 20.7. The summed E-state index contributed by atoms with van der Waals surface area (Å²) < 4.78 is 25.2. The number of nitrogens with zero attached hydrogens (tertiary/aromatic N) is 3. The van der Waals surface area contributed by atoms with Gasteiger partial charge in [0.2, 0.25) is 5.91 Å². The van der Waals surface area contributed by atoms with Gasteiger partial charge in [-0.05, 0) is 49.7 Å². The van der Waals surface area contributed by atoms with E-state index in [1.54, 1.807) is 0 Å². The molecule has 0 radical (unpaired) electrons. The molecule has 1 aliphatic heterocycles. The number of carboxylic acids is 1. The van der Waals surface area contributed by atoms with Crippen molar-refractivity contribution in [1.82, 2.24) is 10.2 Å². The van der Waals surface area contributed by atoms with E-state index in [0.29, 0.717) is 5.69 Å². The van der Waals surface area contributed by atoms with Crippen LogP contribution in [0.25, 0.3) is 0 Å². The van der Waals surface area contributed by atoms with Gasteiger partial charge >= 0.3 is 12.0 Å². The van der Waals surface area contributed by atoms with Crippen LogP contribution in [0.4, 0.5) is 16.2 Å². The van der Waals surface area contributed by atoms with E-state index >= 15 is 0 Å². The van der Waals surface area contributed by atoms with Crippen LogP contribution in [0.5, 0.6) is 0 Å². The molecule has 2 aromatic rings. The summed E-state index contributed by atoms with van der Waals surface area (Å²) in [5, 5.41) is 26.5. The second kappa shape index (κ2) is 11.9. The van der Waals surface area contributed by atoms with Gasteiger partial charge in [0.25, 0.3) is 5.69 Å². The molecule has 0 aromatic heterocycles. The summed E-state index contributed by atoms with van der Waals surface area (Å²) in [5.74, 6) is -3.10. The molecule has 0 fully saturated rings. The van der Waals surface area contributed by atoms with Gasteiger partial charge < -0.3 is 20.6 Å². The fourth-order valence-electron chi connectivity index (χ4n) is 4.17. The minimum atomic E-state index is -3.68. The normalized spacial score (nSPS) is 17.6. The van der Waals surface area contributed by atoms with E-state index in [1.165, 1.54) is 67.3 Å². The number of amides is 3. The van der Waals surface area contributed by atoms with Gasteiger partial charge in [0, 0.05) is 37.0 Å². The Labute approximate surface area is 218 Å². The number of carbonyl (C=O) groups excluding carboxylic acids is 2. The third-order valence-electron chi connectivity index (χ3n) is 5.89. The van der Waals surface area contributed by atoms with Crippen molar-refractivity contribution in [2.75, 3.05) is 24.3 Å². The van der Waals surface area contributed by atoms with Crippen LogP contribution < -0.4 is 10.6 Å². The quantitative estimate of drug-likeness (QED) is 0.216. The topological polar surface area (TPSA) is 188 Å². The number of nitro groups is 1. The van der Waals surface area contributed by atoms with Crippen molar-refractivity contribution < 1.29 is 32.8 Å². The Morgan fingerprint density at radius 3 is 2.47 bits per heavy atom. The summed E-state index contributed by atoms with van der Waals surface area (Å²) in [6, 6.07) is 9.47. The van der Waals surface area contributed by atoms with E-state index in [9.17, 15) is 38.0 Å². The molecule has 1 heterocycles. The second-order valence-electron chi connectivity index (χ2n) is 8.66. The molecule has 202 valence electrons. The molecular weight excluding hydrogens is 518 g/mol. The maximum Gasteiger partial charge on any atom is 0.344 e. The molecule has 3 amide bonds. The number of hydrogen-bond donors (Lipinski definition) is 3.